The molecule has 4 aromatic carbocycles. The van der Waals surface area contributed by atoms with Gasteiger partial charge in [0.05, 0.1) is 22.4 Å². The topological polar surface area (TPSA) is 36.9 Å². The van der Waals surface area contributed by atoms with Crippen molar-refractivity contribution in [3.05, 3.63) is 77.5 Å². The van der Waals surface area contributed by atoms with Crippen LogP contribution in [0.1, 0.15) is 43.9 Å². The maximum Gasteiger partial charge on any atom is 0.228 e. The van der Waals surface area contributed by atoms with Crippen molar-refractivity contribution < 1.29 is 9.30 Å². The van der Waals surface area contributed by atoms with Gasteiger partial charge in [-0.05, 0) is 72.4 Å². The third kappa shape index (κ3) is 3.21. The van der Waals surface area contributed by atoms with E-state index in [4.69, 9.17) is 4.74 Å². The van der Waals surface area contributed by atoms with E-state index in [-0.39, 0.29) is 0 Å². The zero-order valence-electron chi connectivity index (χ0n) is 21.7. The van der Waals surface area contributed by atoms with Gasteiger partial charge in [0.2, 0.25) is 5.69 Å². The lowest BCUT2D eigenvalue weighted by atomic mass is 9.83. The smallest absolute Gasteiger partial charge is 0.228 e. The summed E-state index contributed by atoms with van der Waals surface area (Å²) in [4.78, 5) is 0. The number of aromatic nitrogens is 1. The van der Waals surface area contributed by atoms with Crippen LogP contribution in [-0.4, -0.2) is 0 Å². The summed E-state index contributed by atoms with van der Waals surface area (Å²) in [6.07, 6.45) is 4.91. The van der Waals surface area contributed by atoms with Gasteiger partial charge in [0.25, 0.3) is 0 Å². The van der Waals surface area contributed by atoms with Crippen LogP contribution in [0.5, 0.6) is 11.5 Å². The van der Waals surface area contributed by atoms with E-state index in [0.717, 1.165) is 35.1 Å². The fourth-order valence-corrected chi connectivity index (χ4v) is 6.09. The molecule has 178 valence electrons. The molecule has 0 radical (unpaired) electrons. The number of pyridine rings is 1. The summed E-state index contributed by atoms with van der Waals surface area (Å²) >= 11 is 0. The predicted octanol–water partition coefficient (Wildman–Crippen LogP) is 8.10. The molecule has 5 aromatic rings. The van der Waals surface area contributed by atoms with E-state index in [0.29, 0.717) is 6.42 Å². The Bertz CT molecular complexity index is 1750. The number of hydrogen-bond donors (Lipinski definition) is 0. The van der Waals surface area contributed by atoms with Crippen LogP contribution in [0.25, 0.3) is 43.6 Å². The average molecular weight is 472 g/mol. The van der Waals surface area contributed by atoms with E-state index in [9.17, 15) is 5.26 Å². The summed E-state index contributed by atoms with van der Waals surface area (Å²) in [6, 6.07) is 22.1. The molecule has 1 aliphatic heterocycles. The fraction of sp³-hybridized carbons (Fsp3) is 0.273. The Morgan fingerprint density at radius 1 is 0.972 bits per heavy atom. The maximum atomic E-state index is 9.74. The molecule has 36 heavy (non-hydrogen) atoms. The Kier molecular flexibility index (Phi) is 5.05. The SMILES string of the molecule is CCCc1c2c(c(C)c3ccccc13)-c1c3c(cc4cccc(CC(C)(C)C#N)c4c3cc[n+]1C)O2. The van der Waals surface area contributed by atoms with Gasteiger partial charge in [0.1, 0.15) is 18.5 Å². The van der Waals surface area contributed by atoms with Crippen LogP contribution in [0.3, 0.4) is 0 Å². The molecular formula is C33H31N2O+. The van der Waals surface area contributed by atoms with Crippen LogP contribution in [-0.2, 0) is 19.9 Å². The highest BCUT2D eigenvalue weighted by Gasteiger charge is 2.33. The predicted molar refractivity (Wildman–Crippen MR) is 147 cm³/mol. The third-order valence-electron chi connectivity index (χ3n) is 7.73. The highest BCUT2D eigenvalue weighted by molar-refractivity contribution is 6.17. The zero-order chi connectivity index (χ0) is 25.2. The largest absolute Gasteiger partial charge is 0.455 e. The maximum absolute atomic E-state index is 9.74. The molecule has 6 rings (SSSR count). The summed E-state index contributed by atoms with van der Waals surface area (Å²) in [5.74, 6) is 1.92. The molecule has 3 heteroatoms. The van der Waals surface area contributed by atoms with E-state index < -0.39 is 5.41 Å². The Labute approximate surface area is 212 Å². The van der Waals surface area contributed by atoms with Crippen LogP contribution >= 0.6 is 0 Å². The van der Waals surface area contributed by atoms with Crippen molar-refractivity contribution in [2.24, 2.45) is 12.5 Å². The lowest BCUT2D eigenvalue weighted by Gasteiger charge is -2.26. The standard InChI is InChI=1S/C33H31N2O/c1-6-10-25-24-14-8-7-13-23(24)20(2)28-31-30-26(15-16-35(31)5)29-21(17-27(30)36-32(25)28)11-9-12-22(29)18-33(3,4)19-34/h7-9,11-17H,6,10,18H2,1-5H3/q+1. The average Bonchev–Trinajstić information content (AvgIpc) is 2.87. The van der Waals surface area contributed by atoms with Crippen molar-refractivity contribution in [3.63, 3.8) is 0 Å². The van der Waals surface area contributed by atoms with Gasteiger partial charge in [-0.3, -0.25) is 0 Å². The van der Waals surface area contributed by atoms with Crippen molar-refractivity contribution in [1.29, 1.82) is 5.26 Å². The summed E-state index contributed by atoms with van der Waals surface area (Å²) in [5, 5.41) is 17.0. The molecule has 0 saturated heterocycles. The zero-order valence-corrected chi connectivity index (χ0v) is 21.7. The van der Waals surface area contributed by atoms with Gasteiger partial charge in [-0.25, -0.2) is 4.57 Å². The number of nitriles is 1. The second-order valence-electron chi connectivity index (χ2n) is 10.8. The Morgan fingerprint density at radius 3 is 2.50 bits per heavy atom. The van der Waals surface area contributed by atoms with Crippen molar-refractivity contribution in [2.45, 2.75) is 47.0 Å². The number of fused-ring (bicyclic) bond motifs is 5. The quantitative estimate of drug-likeness (QED) is 0.192. The van der Waals surface area contributed by atoms with Crippen molar-refractivity contribution >= 4 is 32.3 Å². The minimum Gasteiger partial charge on any atom is -0.455 e. The summed E-state index contributed by atoms with van der Waals surface area (Å²) in [7, 11) is 2.14. The molecule has 0 unspecified atom stereocenters. The lowest BCUT2D eigenvalue weighted by molar-refractivity contribution is -0.659. The number of rotatable bonds is 4. The molecule has 3 nitrogen and oxygen atoms in total. The highest BCUT2D eigenvalue weighted by Crippen LogP contribution is 2.52. The molecule has 0 aliphatic carbocycles. The molecule has 0 fully saturated rings. The molecule has 0 bridgehead atoms. The second kappa shape index (κ2) is 8.07. The molecule has 0 N–H and O–H groups in total. The second-order valence-corrected chi connectivity index (χ2v) is 10.8. The lowest BCUT2D eigenvalue weighted by Crippen LogP contribution is -2.32. The van der Waals surface area contributed by atoms with Gasteiger partial charge >= 0.3 is 0 Å². The van der Waals surface area contributed by atoms with E-state index in [1.807, 2.05) is 13.8 Å². The van der Waals surface area contributed by atoms with Gasteiger partial charge in [-0.2, -0.15) is 5.26 Å². The number of aryl methyl sites for hydroxylation is 3. The van der Waals surface area contributed by atoms with Crippen molar-refractivity contribution in [1.82, 2.24) is 0 Å². The summed E-state index contributed by atoms with van der Waals surface area (Å²) in [5.41, 5.74) is 5.73. The van der Waals surface area contributed by atoms with E-state index in [1.54, 1.807) is 0 Å². The Hall–Kier alpha value is -3.90. The first-order valence-electron chi connectivity index (χ1n) is 12.8. The van der Waals surface area contributed by atoms with Crippen LogP contribution < -0.4 is 9.30 Å². The fourth-order valence-electron chi connectivity index (χ4n) is 6.09. The van der Waals surface area contributed by atoms with Crippen LogP contribution in [0.15, 0.2) is 60.8 Å². The van der Waals surface area contributed by atoms with Gasteiger partial charge in [0, 0.05) is 17.0 Å². The van der Waals surface area contributed by atoms with Gasteiger partial charge in [0.15, 0.2) is 6.20 Å². The molecule has 0 amide bonds. The van der Waals surface area contributed by atoms with Gasteiger partial charge < -0.3 is 4.74 Å². The molecule has 2 heterocycles. The molecule has 1 aromatic heterocycles. The monoisotopic (exact) mass is 471 g/mol. The molecule has 0 atom stereocenters. The first-order valence-corrected chi connectivity index (χ1v) is 12.8. The molecule has 0 saturated carbocycles. The van der Waals surface area contributed by atoms with Crippen molar-refractivity contribution in [2.75, 3.05) is 0 Å². The minimum atomic E-state index is -0.438. The van der Waals surface area contributed by atoms with Gasteiger partial charge in [-0.15, -0.1) is 0 Å². The number of hydrogen-bond acceptors (Lipinski definition) is 2. The number of nitrogens with zero attached hydrogens (tertiary/aromatic N) is 2. The van der Waals surface area contributed by atoms with Crippen LogP contribution in [0.2, 0.25) is 0 Å². The first kappa shape index (κ1) is 22.6. The van der Waals surface area contributed by atoms with Crippen molar-refractivity contribution in [3.8, 4) is 28.8 Å². The van der Waals surface area contributed by atoms with Crippen LogP contribution in [0, 0.1) is 23.7 Å². The number of benzene rings is 4. The van der Waals surface area contributed by atoms with E-state index >= 15 is 0 Å². The Morgan fingerprint density at radius 2 is 1.75 bits per heavy atom. The Balaban J connectivity index is 1.77. The van der Waals surface area contributed by atoms with Gasteiger partial charge in [-0.1, -0.05) is 55.8 Å². The third-order valence-corrected chi connectivity index (χ3v) is 7.73. The molecular weight excluding hydrogens is 440 g/mol. The molecule has 0 spiro atoms. The summed E-state index contributed by atoms with van der Waals surface area (Å²) in [6.45, 7) is 8.49. The first-order chi connectivity index (χ1) is 17.3. The highest BCUT2D eigenvalue weighted by atomic mass is 16.5. The van der Waals surface area contributed by atoms with E-state index in [2.05, 4.69) is 92.3 Å². The summed E-state index contributed by atoms with van der Waals surface area (Å²) < 4.78 is 9.13. The van der Waals surface area contributed by atoms with E-state index in [1.165, 1.54) is 49.5 Å². The minimum absolute atomic E-state index is 0.438. The molecule has 1 aliphatic rings. The normalized spacial score (nSPS) is 12.6. The number of ether oxygens (including phenoxy) is 1. The van der Waals surface area contributed by atoms with Crippen LogP contribution in [0.4, 0.5) is 0 Å².